The number of aromatic nitrogens is 1. The van der Waals surface area contributed by atoms with E-state index in [0.29, 0.717) is 10.6 Å². The van der Waals surface area contributed by atoms with E-state index in [1.165, 1.54) is 16.9 Å². The van der Waals surface area contributed by atoms with E-state index in [2.05, 4.69) is 17.1 Å². The van der Waals surface area contributed by atoms with Crippen molar-refractivity contribution in [3.63, 3.8) is 0 Å². The average Bonchev–Trinajstić information content (AvgIpc) is 2.58. The first kappa shape index (κ1) is 12.8. The van der Waals surface area contributed by atoms with Crippen molar-refractivity contribution >= 4 is 17.3 Å². The van der Waals surface area contributed by atoms with Crippen LogP contribution in [0.3, 0.4) is 0 Å². The quantitative estimate of drug-likeness (QED) is 0.895. The predicted molar refractivity (Wildman–Crippen MR) is 73.5 cm³/mol. The molecule has 0 atom stereocenters. The zero-order valence-corrected chi connectivity index (χ0v) is 11.7. The Morgan fingerprint density at radius 3 is 2.22 bits per heavy atom. The van der Waals surface area contributed by atoms with Crippen LogP contribution in [0, 0.1) is 27.7 Å². The highest BCUT2D eigenvalue weighted by molar-refractivity contribution is 7.14. The van der Waals surface area contributed by atoms with Gasteiger partial charge in [0.05, 0.1) is 10.7 Å². The zero-order chi connectivity index (χ0) is 13.4. The Morgan fingerprint density at radius 1 is 1.17 bits per heavy atom. The van der Waals surface area contributed by atoms with Gasteiger partial charge in [0.25, 0.3) is 0 Å². The van der Waals surface area contributed by atoms with Crippen molar-refractivity contribution in [2.45, 2.75) is 27.7 Å². The lowest BCUT2D eigenvalue weighted by Gasteiger charge is -2.09. The van der Waals surface area contributed by atoms with E-state index < -0.39 is 5.97 Å². The molecule has 1 aromatic heterocycles. The number of carboxylic acid groups (broad SMARTS) is 1. The molecular weight excluding hydrogens is 246 g/mol. The van der Waals surface area contributed by atoms with Crippen LogP contribution < -0.4 is 0 Å². The smallest absolute Gasteiger partial charge is 0.348 e. The van der Waals surface area contributed by atoms with Crippen LogP contribution in [-0.4, -0.2) is 16.1 Å². The number of carbonyl (C=O) groups is 1. The molecule has 0 unspecified atom stereocenters. The molecule has 2 rings (SSSR count). The third-order valence-electron chi connectivity index (χ3n) is 2.84. The summed E-state index contributed by atoms with van der Waals surface area (Å²) in [5.41, 5.74) is 4.86. The Kier molecular flexibility index (Phi) is 3.22. The Labute approximate surface area is 110 Å². The van der Waals surface area contributed by atoms with Crippen molar-refractivity contribution in [3.05, 3.63) is 38.7 Å². The molecule has 18 heavy (non-hydrogen) atoms. The number of hydrogen-bond donors (Lipinski definition) is 1. The second-order valence-corrected chi connectivity index (χ2v) is 5.69. The Balaban J connectivity index is 2.73. The summed E-state index contributed by atoms with van der Waals surface area (Å²) in [5, 5.41) is 10.0. The largest absolute Gasteiger partial charge is 0.477 e. The number of hydrogen-bond acceptors (Lipinski definition) is 3. The van der Waals surface area contributed by atoms with Gasteiger partial charge in [-0.15, -0.1) is 11.3 Å². The molecule has 0 amide bonds. The fourth-order valence-electron chi connectivity index (χ4n) is 2.30. The SMILES string of the molecule is Cc1cc(C)c(-c2nc(C)sc2C(=O)O)c(C)c1. The average molecular weight is 261 g/mol. The molecule has 0 spiro atoms. The lowest BCUT2D eigenvalue weighted by atomic mass is 9.97. The molecule has 1 aromatic carbocycles. The van der Waals surface area contributed by atoms with Crippen LogP contribution in [0.15, 0.2) is 12.1 Å². The van der Waals surface area contributed by atoms with Crippen LogP contribution in [0.4, 0.5) is 0 Å². The summed E-state index contributed by atoms with van der Waals surface area (Å²) in [6.45, 7) is 7.86. The molecule has 1 heterocycles. The molecule has 0 fully saturated rings. The molecule has 94 valence electrons. The van der Waals surface area contributed by atoms with Crippen LogP contribution in [-0.2, 0) is 0 Å². The summed E-state index contributed by atoms with van der Waals surface area (Å²) in [7, 11) is 0. The van der Waals surface area contributed by atoms with Crippen LogP contribution in [0.25, 0.3) is 11.3 Å². The van der Waals surface area contributed by atoms with E-state index in [9.17, 15) is 9.90 Å². The molecule has 0 radical (unpaired) electrons. The van der Waals surface area contributed by atoms with E-state index in [4.69, 9.17) is 0 Å². The fourth-order valence-corrected chi connectivity index (χ4v) is 3.06. The van der Waals surface area contributed by atoms with E-state index in [1.807, 2.05) is 27.7 Å². The zero-order valence-electron chi connectivity index (χ0n) is 10.9. The van der Waals surface area contributed by atoms with Crippen LogP contribution in [0.5, 0.6) is 0 Å². The summed E-state index contributed by atoms with van der Waals surface area (Å²) in [4.78, 5) is 16.0. The van der Waals surface area contributed by atoms with Crippen molar-refractivity contribution in [1.82, 2.24) is 4.98 Å². The monoisotopic (exact) mass is 261 g/mol. The maximum atomic E-state index is 11.3. The van der Waals surface area contributed by atoms with Gasteiger partial charge in [-0.2, -0.15) is 0 Å². The van der Waals surface area contributed by atoms with Gasteiger partial charge in [-0.1, -0.05) is 17.7 Å². The molecule has 0 aliphatic carbocycles. The Morgan fingerprint density at radius 2 is 1.72 bits per heavy atom. The van der Waals surface area contributed by atoms with Crippen LogP contribution >= 0.6 is 11.3 Å². The lowest BCUT2D eigenvalue weighted by Crippen LogP contribution is -1.98. The minimum absolute atomic E-state index is 0.322. The van der Waals surface area contributed by atoms with Gasteiger partial charge in [0.15, 0.2) is 0 Å². The maximum absolute atomic E-state index is 11.3. The second-order valence-electron chi connectivity index (χ2n) is 4.49. The molecule has 3 nitrogen and oxygen atoms in total. The first-order valence-corrected chi connectivity index (χ1v) is 6.50. The predicted octanol–water partition coefficient (Wildman–Crippen LogP) is 3.74. The highest BCUT2D eigenvalue weighted by atomic mass is 32.1. The molecule has 4 heteroatoms. The number of aryl methyl sites for hydroxylation is 4. The normalized spacial score (nSPS) is 10.7. The maximum Gasteiger partial charge on any atom is 0.348 e. The molecule has 1 N–H and O–H groups in total. The molecule has 2 aromatic rings. The standard InChI is InChI=1S/C14H15NO2S/c1-7-5-8(2)11(9(3)6-7)12-13(14(16)17)18-10(4)15-12/h5-6H,1-4H3,(H,16,17). The number of nitrogens with zero attached hydrogens (tertiary/aromatic N) is 1. The van der Waals surface area contributed by atoms with Gasteiger partial charge in [-0.3, -0.25) is 0 Å². The fraction of sp³-hybridized carbons (Fsp3) is 0.286. The van der Waals surface area contributed by atoms with Gasteiger partial charge in [-0.25, -0.2) is 9.78 Å². The van der Waals surface area contributed by atoms with Crippen LogP contribution in [0.2, 0.25) is 0 Å². The second kappa shape index (κ2) is 4.53. The van der Waals surface area contributed by atoms with Gasteiger partial charge in [0, 0.05) is 5.56 Å². The summed E-state index contributed by atoms with van der Waals surface area (Å²) in [5.74, 6) is -0.907. The molecule has 0 saturated carbocycles. The van der Waals surface area contributed by atoms with Gasteiger partial charge in [0.1, 0.15) is 4.88 Å². The van der Waals surface area contributed by atoms with Crippen molar-refractivity contribution in [2.24, 2.45) is 0 Å². The van der Waals surface area contributed by atoms with E-state index in [0.717, 1.165) is 21.7 Å². The Hall–Kier alpha value is -1.68. The highest BCUT2D eigenvalue weighted by Crippen LogP contribution is 2.33. The van der Waals surface area contributed by atoms with Gasteiger partial charge in [0.2, 0.25) is 0 Å². The summed E-state index contributed by atoms with van der Waals surface area (Å²) < 4.78 is 0. The number of benzene rings is 1. The molecule has 0 aliphatic rings. The highest BCUT2D eigenvalue weighted by Gasteiger charge is 2.20. The van der Waals surface area contributed by atoms with Crippen molar-refractivity contribution < 1.29 is 9.90 Å². The van der Waals surface area contributed by atoms with E-state index in [1.54, 1.807) is 0 Å². The minimum Gasteiger partial charge on any atom is -0.477 e. The minimum atomic E-state index is -0.907. The molecule has 0 bridgehead atoms. The third kappa shape index (κ3) is 2.16. The number of carboxylic acids is 1. The van der Waals surface area contributed by atoms with Crippen molar-refractivity contribution in [3.8, 4) is 11.3 Å². The summed E-state index contributed by atoms with van der Waals surface area (Å²) >= 11 is 1.23. The first-order chi connectivity index (χ1) is 8.40. The van der Waals surface area contributed by atoms with E-state index >= 15 is 0 Å². The Bertz CT molecular complexity index is 606. The number of thiazole rings is 1. The summed E-state index contributed by atoms with van der Waals surface area (Å²) in [6, 6.07) is 4.12. The van der Waals surface area contributed by atoms with Crippen molar-refractivity contribution in [1.29, 1.82) is 0 Å². The van der Waals surface area contributed by atoms with Gasteiger partial charge >= 0.3 is 5.97 Å². The molecule has 0 aliphatic heterocycles. The first-order valence-electron chi connectivity index (χ1n) is 5.69. The van der Waals surface area contributed by atoms with Gasteiger partial charge < -0.3 is 5.11 Å². The van der Waals surface area contributed by atoms with Crippen molar-refractivity contribution in [2.75, 3.05) is 0 Å². The van der Waals surface area contributed by atoms with Gasteiger partial charge in [-0.05, 0) is 38.8 Å². The summed E-state index contributed by atoms with van der Waals surface area (Å²) in [6.07, 6.45) is 0. The number of rotatable bonds is 2. The topological polar surface area (TPSA) is 50.2 Å². The van der Waals surface area contributed by atoms with Crippen LogP contribution in [0.1, 0.15) is 31.4 Å². The lowest BCUT2D eigenvalue weighted by molar-refractivity contribution is 0.0702. The van der Waals surface area contributed by atoms with E-state index in [-0.39, 0.29) is 0 Å². The molecular formula is C14H15NO2S. The third-order valence-corrected chi connectivity index (χ3v) is 3.80. The molecule has 0 saturated heterocycles. The number of aromatic carboxylic acids is 1.